The fraction of sp³-hybridized carbons (Fsp3) is 0.120. The zero-order valence-corrected chi connectivity index (χ0v) is 19.8. The maximum absolute atomic E-state index is 12.8. The molecule has 3 aromatic carbocycles. The first-order valence-corrected chi connectivity index (χ1v) is 11.2. The van der Waals surface area contributed by atoms with Crippen molar-refractivity contribution in [3.63, 3.8) is 0 Å². The molecule has 0 saturated carbocycles. The molecule has 0 bridgehead atoms. The molecular weight excluding hydrogens is 483 g/mol. The first-order valence-electron chi connectivity index (χ1n) is 10.1. The number of amides is 3. The Hall–Kier alpha value is -2.99. The molecule has 3 aromatic rings. The molecule has 1 aliphatic heterocycles. The minimum absolute atomic E-state index is 0.131. The minimum Gasteiger partial charge on any atom is -0.486 e. The highest BCUT2D eigenvalue weighted by Gasteiger charge is 2.33. The summed E-state index contributed by atoms with van der Waals surface area (Å²) in [5.74, 6) is -0.0888. The van der Waals surface area contributed by atoms with Gasteiger partial charge in [-0.05, 0) is 54.0 Å². The van der Waals surface area contributed by atoms with Crippen molar-refractivity contribution < 1.29 is 14.3 Å². The fourth-order valence-electron chi connectivity index (χ4n) is 3.29. The molecule has 0 atom stereocenters. The standard InChI is InChI=1S/C25H19Cl3N2O3/c1-15-2-4-17(5-3-15)14-33-23-20(27)10-18(11-21(23)28)12-22-24(31)30(25(32)29-22)13-16-6-8-19(26)9-7-16/h2-12H,13-14H2,1H3,(H,29,32)/b22-12-. The van der Waals surface area contributed by atoms with Gasteiger partial charge in [-0.1, -0.05) is 76.8 Å². The van der Waals surface area contributed by atoms with Gasteiger partial charge in [0.1, 0.15) is 12.3 Å². The molecule has 33 heavy (non-hydrogen) atoms. The molecule has 3 amide bonds. The number of nitrogens with one attached hydrogen (secondary N) is 1. The van der Waals surface area contributed by atoms with Crippen LogP contribution in [0.2, 0.25) is 15.1 Å². The number of carbonyl (C=O) groups is 2. The Morgan fingerprint density at radius 1 is 0.909 bits per heavy atom. The summed E-state index contributed by atoms with van der Waals surface area (Å²) in [6.45, 7) is 2.46. The molecule has 1 N–H and O–H groups in total. The first-order chi connectivity index (χ1) is 15.8. The van der Waals surface area contributed by atoms with E-state index in [2.05, 4.69) is 5.32 Å². The van der Waals surface area contributed by atoms with E-state index < -0.39 is 11.9 Å². The van der Waals surface area contributed by atoms with Gasteiger partial charge in [0, 0.05) is 5.02 Å². The summed E-state index contributed by atoms with van der Waals surface area (Å²) in [5, 5.41) is 3.78. The van der Waals surface area contributed by atoms with Crippen molar-refractivity contribution in [1.29, 1.82) is 0 Å². The monoisotopic (exact) mass is 500 g/mol. The van der Waals surface area contributed by atoms with E-state index in [1.807, 2.05) is 31.2 Å². The van der Waals surface area contributed by atoms with E-state index in [1.165, 1.54) is 6.08 Å². The number of nitrogens with zero attached hydrogens (tertiary/aromatic N) is 1. The van der Waals surface area contributed by atoms with E-state index in [9.17, 15) is 9.59 Å². The van der Waals surface area contributed by atoms with E-state index in [1.54, 1.807) is 36.4 Å². The molecule has 1 saturated heterocycles. The highest BCUT2D eigenvalue weighted by Crippen LogP contribution is 2.35. The Kier molecular flexibility index (Phi) is 6.94. The van der Waals surface area contributed by atoms with Gasteiger partial charge in [0.25, 0.3) is 5.91 Å². The van der Waals surface area contributed by atoms with Gasteiger partial charge in [-0.2, -0.15) is 0 Å². The molecule has 0 aromatic heterocycles. The van der Waals surface area contributed by atoms with Crippen LogP contribution >= 0.6 is 34.8 Å². The van der Waals surface area contributed by atoms with Crippen molar-refractivity contribution in [2.75, 3.05) is 0 Å². The lowest BCUT2D eigenvalue weighted by molar-refractivity contribution is -0.123. The number of halogens is 3. The Labute approximate surface area is 206 Å². The molecule has 8 heteroatoms. The van der Waals surface area contributed by atoms with Gasteiger partial charge in [0.15, 0.2) is 5.75 Å². The summed E-state index contributed by atoms with van der Waals surface area (Å²) in [7, 11) is 0. The number of urea groups is 1. The molecule has 1 fully saturated rings. The van der Waals surface area contributed by atoms with Gasteiger partial charge in [-0.15, -0.1) is 0 Å². The third-order valence-corrected chi connectivity index (χ3v) is 5.87. The number of aryl methyl sites for hydroxylation is 1. The maximum atomic E-state index is 12.8. The molecular formula is C25H19Cl3N2O3. The van der Waals surface area contributed by atoms with Crippen LogP contribution in [-0.2, 0) is 17.9 Å². The van der Waals surface area contributed by atoms with Crippen molar-refractivity contribution in [3.05, 3.63) is 104 Å². The third-order valence-electron chi connectivity index (χ3n) is 5.05. The van der Waals surface area contributed by atoms with Crippen LogP contribution < -0.4 is 10.1 Å². The van der Waals surface area contributed by atoms with E-state index >= 15 is 0 Å². The van der Waals surface area contributed by atoms with Crippen LogP contribution in [0, 0.1) is 6.92 Å². The van der Waals surface area contributed by atoms with Gasteiger partial charge in [0.05, 0.1) is 16.6 Å². The van der Waals surface area contributed by atoms with Crippen LogP contribution in [0.4, 0.5) is 4.79 Å². The molecule has 0 radical (unpaired) electrons. The molecule has 0 aliphatic carbocycles. The van der Waals surface area contributed by atoms with Gasteiger partial charge < -0.3 is 10.1 Å². The molecule has 1 aliphatic rings. The van der Waals surface area contributed by atoms with Gasteiger partial charge in [-0.3, -0.25) is 9.69 Å². The second-order valence-electron chi connectivity index (χ2n) is 7.59. The van der Waals surface area contributed by atoms with E-state index in [0.717, 1.165) is 21.6 Å². The third kappa shape index (κ3) is 5.50. The zero-order valence-electron chi connectivity index (χ0n) is 17.6. The highest BCUT2D eigenvalue weighted by molar-refractivity contribution is 6.37. The van der Waals surface area contributed by atoms with E-state index in [4.69, 9.17) is 39.5 Å². The van der Waals surface area contributed by atoms with Crippen molar-refractivity contribution >= 4 is 52.8 Å². The summed E-state index contributed by atoms with van der Waals surface area (Å²) in [6.07, 6.45) is 1.53. The van der Waals surface area contributed by atoms with Crippen molar-refractivity contribution in [2.45, 2.75) is 20.1 Å². The van der Waals surface area contributed by atoms with E-state index in [0.29, 0.717) is 33.0 Å². The van der Waals surface area contributed by atoms with Crippen LogP contribution in [0.15, 0.2) is 66.4 Å². The average molecular weight is 502 g/mol. The quantitative estimate of drug-likeness (QED) is 0.305. The number of carbonyl (C=O) groups excluding carboxylic acids is 2. The second kappa shape index (κ2) is 9.87. The largest absolute Gasteiger partial charge is 0.486 e. The van der Waals surface area contributed by atoms with Crippen molar-refractivity contribution in [3.8, 4) is 5.75 Å². The first kappa shape index (κ1) is 23.2. The van der Waals surface area contributed by atoms with Crippen molar-refractivity contribution in [2.24, 2.45) is 0 Å². The smallest absolute Gasteiger partial charge is 0.329 e. The topological polar surface area (TPSA) is 58.6 Å². The number of imide groups is 1. The highest BCUT2D eigenvalue weighted by atomic mass is 35.5. The van der Waals surface area contributed by atoms with Gasteiger partial charge in [-0.25, -0.2) is 4.79 Å². The molecule has 5 nitrogen and oxygen atoms in total. The Bertz CT molecular complexity index is 1220. The van der Waals surface area contributed by atoms with Gasteiger partial charge >= 0.3 is 6.03 Å². The predicted octanol–water partition coefficient (Wildman–Crippen LogP) is 6.63. The number of hydrogen-bond acceptors (Lipinski definition) is 3. The summed E-state index contributed by atoms with van der Waals surface area (Å²) in [5.41, 5.74) is 3.62. The van der Waals surface area contributed by atoms with E-state index in [-0.39, 0.29) is 12.2 Å². The summed E-state index contributed by atoms with van der Waals surface area (Å²) in [4.78, 5) is 26.2. The van der Waals surface area contributed by atoms with Gasteiger partial charge in [0.2, 0.25) is 0 Å². The number of ether oxygens (including phenoxy) is 1. The number of benzene rings is 3. The van der Waals surface area contributed by atoms with Crippen LogP contribution in [-0.4, -0.2) is 16.8 Å². The second-order valence-corrected chi connectivity index (χ2v) is 8.84. The molecule has 0 spiro atoms. The molecule has 0 unspecified atom stereocenters. The zero-order chi connectivity index (χ0) is 23.5. The lowest BCUT2D eigenvalue weighted by Crippen LogP contribution is -2.30. The number of rotatable bonds is 6. The molecule has 168 valence electrons. The minimum atomic E-state index is -0.503. The van der Waals surface area contributed by atoms with Crippen LogP contribution in [0.5, 0.6) is 5.75 Å². The summed E-state index contributed by atoms with van der Waals surface area (Å²) < 4.78 is 5.81. The Morgan fingerprint density at radius 2 is 1.52 bits per heavy atom. The fourth-order valence-corrected chi connectivity index (χ4v) is 4.03. The average Bonchev–Trinajstić information content (AvgIpc) is 3.03. The lowest BCUT2D eigenvalue weighted by atomic mass is 10.1. The van der Waals surface area contributed by atoms with Crippen LogP contribution in [0.1, 0.15) is 22.3 Å². The predicted molar refractivity (Wildman–Crippen MR) is 130 cm³/mol. The molecule has 4 rings (SSSR count). The SMILES string of the molecule is Cc1ccc(COc2c(Cl)cc(/C=C3\NC(=O)N(Cc4ccc(Cl)cc4)C3=O)cc2Cl)cc1. The Morgan fingerprint density at radius 3 is 2.15 bits per heavy atom. The maximum Gasteiger partial charge on any atom is 0.329 e. The summed E-state index contributed by atoms with van der Waals surface area (Å²) >= 11 is 18.7. The van der Waals surface area contributed by atoms with Crippen LogP contribution in [0.3, 0.4) is 0 Å². The lowest BCUT2D eigenvalue weighted by Gasteiger charge is -2.12. The van der Waals surface area contributed by atoms with Crippen LogP contribution in [0.25, 0.3) is 6.08 Å². The normalized spacial score (nSPS) is 14.7. The Balaban J connectivity index is 1.49. The molecule has 1 heterocycles. The number of hydrogen-bond donors (Lipinski definition) is 1. The summed E-state index contributed by atoms with van der Waals surface area (Å²) in [6, 6.07) is 17.6. The van der Waals surface area contributed by atoms with Crippen molar-refractivity contribution in [1.82, 2.24) is 10.2 Å².